The highest BCUT2D eigenvalue weighted by Gasteiger charge is 2.16. The van der Waals surface area contributed by atoms with E-state index in [1.807, 2.05) is 5.43 Å². The average Bonchev–Trinajstić information content (AvgIpc) is 2.16. The molecule has 0 fully saturated rings. The van der Waals surface area contributed by atoms with Crippen LogP contribution >= 0.6 is 0 Å². The number of nitrogen functional groups attached to an aromatic ring is 1. The van der Waals surface area contributed by atoms with E-state index in [9.17, 15) is 14.9 Å². The van der Waals surface area contributed by atoms with Gasteiger partial charge >= 0.3 is 0 Å². The van der Waals surface area contributed by atoms with Crippen LogP contribution in [0, 0.1) is 17.0 Å². The van der Waals surface area contributed by atoms with Gasteiger partial charge in [0.2, 0.25) is 0 Å². The van der Waals surface area contributed by atoms with E-state index in [-0.39, 0.29) is 11.3 Å². The predicted octanol–water partition coefficient (Wildman–Crippen LogP) is 0.507. The van der Waals surface area contributed by atoms with Gasteiger partial charge < -0.3 is 0 Å². The number of nitrogens with two attached hydrogens (primary N) is 1. The summed E-state index contributed by atoms with van der Waals surface area (Å²) in [6.45, 7) is 1.50. The number of nitrogens with one attached hydrogen (secondary N) is 1. The number of nitro benzene ring substituents is 1. The molecule has 0 radical (unpaired) electrons. The molecular weight excluding hydrogens is 186 g/mol. The zero-order valence-corrected chi connectivity index (χ0v) is 7.48. The van der Waals surface area contributed by atoms with E-state index in [1.54, 1.807) is 0 Å². The minimum atomic E-state index is -0.539. The van der Waals surface area contributed by atoms with Gasteiger partial charge in [-0.2, -0.15) is 0 Å². The fraction of sp³-hybridized carbons (Fsp3) is 0.125. The van der Waals surface area contributed by atoms with Crippen molar-refractivity contribution in [2.24, 2.45) is 5.84 Å². The van der Waals surface area contributed by atoms with Gasteiger partial charge in [-0.3, -0.25) is 20.3 Å². The minimum absolute atomic E-state index is 0.0916. The first-order valence-electron chi connectivity index (χ1n) is 3.83. The van der Waals surface area contributed by atoms with Crippen molar-refractivity contribution in [1.82, 2.24) is 5.43 Å². The Kier molecular flexibility index (Phi) is 2.78. The third-order valence-electron chi connectivity index (χ3n) is 1.88. The predicted molar refractivity (Wildman–Crippen MR) is 49.5 cm³/mol. The summed E-state index contributed by atoms with van der Waals surface area (Å²) in [6.07, 6.45) is 0. The van der Waals surface area contributed by atoms with E-state index >= 15 is 0 Å². The maximum absolute atomic E-state index is 11.2. The van der Waals surface area contributed by atoms with Crippen LogP contribution in [0.5, 0.6) is 0 Å². The average molecular weight is 195 g/mol. The third-order valence-corrected chi connectivity index (χ3v) is 1.88. The van der Waals surface area contributed by atoms with Gasteiger partial charge in [0.05, 0.1) is 10.5 Å². The summed E-state index contributed by atoms with van der Waals surface area (Å²) < 4.78 is 0. The van der Waals surface area contributed by atoms with Gasteiger partial charge in [-0.15, -0.1) is 0 Å². The summed E-state index contributed by atoms with van der Waals surface area (Å²) in [5.41, 5.74) is 2.35. The zero-order chi connectivity index (χ0) is 10.7. The standard InChI is InChI=1S/C8H9N3O3/c1-5-6(8(12)10-9)3-2-4-7(5)11(13)14/h2-4H,9H2,1H3,(H,10,12). The first-order chi connectivity index (χ1) is 6.57. The number of hydrogen-bond acceptors (Lipinski definition) is 4. The molecule has 6 nitrogen and oxygen atoms in total. The lowest BCUT2D eigenvalue weighted by molar-refractivity contribution is -0.385. The Morgan fingerprint density at radius 2 is 2.21 bits per heavy atom. The lowest BCUT2D eigenvalue weighted by Crippen LogP contribution is -2.30. The summed E-state index contributed by atoms with van der Waals surface area (Å²) >= 11 is 0. The molecule has 0 aliphatic heterocycles. The lowest BCUT2D eigenvalue weighted by Gasteiger charge is -2.03. The van der Waals surface area contributed by atoms with Crippen molar-refractivity contribution < 1.29 is 9.72 Å². The molecule has 1 amide bonds. The second-order valence-corrected chi connectivity index (χ2v) is 2.68. The third kappa shape index (κ3) is 1.69. The normalized spacial score (nSPS) is 9.57. The monoisotopic (exact) mass is 195 g/mol. The number of carbonyl (C=O) groups is 1. The van der Waals surface area contributed by atoms with Crippen molar-refractivity contribution in [2.75, 3.05) is 0 Å². The second-order valence-electron chi connectivity index (χ2n) is 2.68. The van der Waals surface area contributed by atoms with E-state index < -0.39 is 10.8 Å². The zero-order valence-electron chi connectivity index (χ0n) is 7.48. The number of hydrazine groups is 1. The summed E-state index contributed by atoms with van der Waals surface area (Å²) in [5, 5.41) is 10.5. The molecule has 0 spiro atoms. The van der Waals surface area contributed by atoms with Crippen LogP contribution in [0.15, 0.2) is 18.2 Å². The molecular formula is C8H9N3O3. The molecule has 1 aromatic rings. The van der Waals surface area contributed by atoms with E-state index in [1.165, 1.54) is 25.1 Å². The van der Waals surface area contributed by atoms with Crippen LogP contribution in [0.25, 0.3) is 0 Å². The molecule has 0 aliphatic rings. The second kappa shape index (κ2) is 3.84. The Morgan fingerprint density at radius 3 is 2.71 bits per heavy atom. The molecule has 0 aliphatic carbocycles. The Labute approximate surface area is 79.8 Å². The van der Waals surface area contributed by atoms with Gasteiger partial charge in [0, 0.05) is 11.6 Å². The van der Waals surface area contributed by atoms with Crippen molar-refractivity contribution in [1.29, 1.82) is 0 Å². The molecule has 0 saturated heterocycles. The summed E-state index contributed by atoms with van der Waals surface area (Å²) in [7, 11) is 0. The number of nitrogens with zero attached hydrogens (tertiary/aromatic N) is 1. The first-order valence-corrected chi connectivity index (χ1v) is 3.83. The molecule has 14 heavy (non-hydrogen) atoms. The first kappa shape index (κ1) is 10.1. The maximum atomic E-state index is 11.2. The van der Waals surface area contributed by atoms with Gasteiger partial charge in [-0.25, -0.2) is 5.84 Å². The van der Waals surface area contributed by atoms with E-state index in [0.29, 0.717) is 5.56 Å². The molecule has 0 unspecified atom stereocenters. The molecule has 0 saturated carbocycles. The number of carbonyl (C=O) groups excluding carboxylic acids is 1. The molecule has 1 aromatic carbocycles. The highest BCUT2D eigenvalue weighted by Crippen LogP contribution is 2.20. The van der Waals surface area contributed by atoms with Gasteiger partial charge in [-0.05, 0) is 13.0 Å². The Bertz CT molecular complexity index is 389. The van der Waals surface area contributed by atoms with Crippen LogP contribution in [-0.2, 0) is 0 Å². The van der Waals surface area contributed by atoms with Crippen molar-refractivity contribution in [3.8, 4) is 0 Å². The van der Waals surface area contributed by atoms with Gasteiger partial charge in [0.25, 0.3) is 11.6 Å². The quantitative estimate of drug-likeness (QED) is 0.311. The molecule has 6 heteroatoms. The van der Waals surface area contributed by atoms with E-state index in [2.05, 4.69) is 0 Å². The fourth-order valence-electron chi connectivity index (χ4n) is 1.14. The van der Waals surface area contributed by atoms with Crippen LogP contribution in [0.3, 0.4) is 0 Å². The van der Waals surface area contributed by atoms with Gasteiger partial charge in [0.15, 0.2) is 0 Å². The van der Waals surface area contributed by atoms with Crippen LogP contribution in [0.4, 0.5) is 5.69 Å². The van der Waals surface area contributed by atoms with E-state index in [4.69, 9.17) is 5.84 Å². The molecule has 0 bridgehead atoms. The molecule has 0 heterocycles. The minimum Gasteiger partial charge on any atom is -0.290 e. The van der Waals surface area contributed by atoms with Crippen LogP contribution in [-0.4, -0.2) is 10.8 Å². The molecule has 0 atom stereocenters. The van der Waals surface area contributed by atoms with Crippen molar-refractivity contribution in [2.45, 2.75) is 6.92 Å². The number of rotatable bonds is 2. The smallest absolute Gasteiger partial charge is 0.273 e. The number of amides is 1. The largest absolute Gasteiger partial charge is 0.290 e. The summed E-state index contributed by atoms with van der Waals surface area (Å²) in [6, 6.07) is 4.25. The van der Waals surface area contributed by atoms with Crippen LogP contribution < -0.4 is 11.3 Å². The summed E-state index contributed by atoms with van der Waals surface area (Å²) in [5.74, 6) is 4.39. The lowest BCUT2D eigenvalue weighted by atomic mass is 10.1. The highest BCUT2D eigenvalue weighted by molar-refractivity contribution is 5.96. The fourth-order valence-corrected chi connectivity index (χ4v) is 1.14. The Balaban J connectivity index is 3.27. The Hall–Kier alpha value is -1.95. The number of hydrogen-bond donors (Lipinski definition) is 2. The van der Waals surface area contributed by atoms with Gasteiger partial charge in [0.1, 0.15) is 0 Å². The van der Waals surface area contributed by atoms with Crippen LogP contribution in [0.1, 0.15) is 15.9 Å². The highest BCUT2D eigenvalue weighted by atomic mass is 16.6. The SMILES string of the molecule is Cc1c(C(=O)NN)cccc1[N+](=O)[O-]. The molecule has 74 valence electrons. The molecule has 1 rings (SSSR count). The van der Waals surface area contributed by atoms with Crippen LogP contribution in [0.2, 0.25) is 0 Å². The van der Waals surface area contributed by atoms with Crippen molar-refractivity contribution in [3.05, 3.63) is 39.4 Å². The maximum Gasteiger partial charge on any atom is 0.273 e. The molecule has 3 N–H and O–H groups in total. The van der Waals surface area contributed by atoms with Crippen molar-refractivity contribution in [3.63, 3.8) is 0 Å². The number of benzene rings is 1. The topological polar surface area (TPSA) is 98.3 Å². The van der Waals surface area contributed by atoms with Crippen molar-refractivity contribution >= 4 is 11.6 Å². The van der Waals surface area contributed by atoms with E-state index in [0.717, 1.165) is 0 Å². The summed E-state index contributed by atoms with van der Waals surface area (Å²) in [4.78, 5) is 21.1. The Morgan fingerprint density at radius 1 is 1.57 bits per heavy atom. The van der Waals surface area contributed by atoms with Gasteiger partial charge in [-0.1, -0.05) is 6.07 Å². The number of nitro groups is 1. The molecule has 0 aromatic heterocycles.